The molecule has 1 saturated heterocycles. The molecule has 1 aromatic rings. The molecule has 0 saturated carbocycles. The van der Waals surface area contributed by atoms with E-state index in [0.29, 0.717) is 17.0 Å². The first kappa shape index (κ1) is 16.9. The minimum absolute atomic E-state index is 0.406. The van der Waals surface area contributed by atoms with E-state index in [1.807, 2.05) is 12.1 Å². The summed E-state index contributed by atoms with van der Waals surface area (Å²) in [6, 6.07) is 4.20. The molecule has 1 aliphatic heterocycles. The van der Waals surface area contributed by atoms with Gasteiger partial charge >= 0.3 is 0 Å². The highest BCUT2D eigenvalue weighted by Crippen LogP contribution is 2.37. The minimum atomic E-state index is 0.406. The zero-order valence-electron chi connectivity index (χ0n) is 13.0. The van der Waals surface area contributed by atoms with Crippen molar-refractivity contribution >= 4 is 33.2 Å². The number of nitrogens with one attached hydrogen (secondary N) is 1. The largest absolute Gasteiger partial charge is 0.493 e. The highest BCUT2D eigenvalue weighted by molar-refractivity contribution is 9.10. The van der Waals surface area contributed by atoms with E-state index in [4.69, 9.17) is 16.3 Å². The van der Waals surface area contributed by atoms with Gasteiger partial charge in [-0.1, -0.05) is 18.5 Å². The Bertz CT molecular complexity index is 476. The van der Waals surface area contributed by atoms with Crippen molar-refractivity contribution in [2.24, 2.45) is 5.92 Å². The predicted molar refractivity (Wildman–Crippen MR) is 93.6 cm³/mol. The van der Waals surface area contributed by atoms with E-state index in [1.54, 1.807) is 7.11 Å². The number of anilines is 1. The first-order valence-corrected chi connectivity index (χ1v) is 8.74. The Kier molecular flexibility index (Phi) is 6.20. The molecular formula is C16H24BrClN2O. The van der Waals surface area contributed by atoms with E-state index >= 15 is 0 Å². The zero-order chi connectivity index (χ0) is 15.4. The quantitative estimate of drug-likeness (QED) is 0.811. The summed E-state index contributed by atoms with van der Waals surface area (Å²) >= 11 is 9.66. The maximum Gasteiger partial charge on any atom is 0.156 e. The monoisotopic (exact) mass is 374 g/mol. The summed E-state index contributed by atoms with van der Waals surface area (Å²) in [4.78, 5) is 2.51. The number of ether oxygens (including phenoxy) is 1. The predicted octanol–water partition coefficient (Wildman–Crippen LogP) is 4.64. The number of hydrogen-bond acceptors (Lipinski definition) is 3. The number of rotatable bonds is 5. The lowest BCUT2D eigenvalue weighted by molar-refractivity contribution is 0.183. The lowest BCUT2D eigenvalue weighted by Gasteiger charge is -2.35. The fraction of sp³-hybridized carbons (Fsp3) is 0.625. The average Bonchev–Trinajstić information content (AvgIpc) is 2.47. The van der Waals surface area contributed by atoms with Gasteiger partial charge in [0, 0.05) is 11.1 Å². The van der Waals surface area contributed by atoms with E-state index in [2.05, 4.69) is 40.0 Å². The van der Waals surface area contributed by atoms with Crippen LogP contribution in [0.25, 0.3) is 0 Å². The average molecular weight is 376 g/mol. The third-order valence-electron chi connectivity index (χ3n) is 4.38. The van der Waals surface area contributed by atoms with Gasteiger partial charge in [0.15, 0.2) is 5.75 Å². The number of piperidine rings is 1. The summed E-state index contributed by atoms with van der Waals surface area (Å²) < 4.78 is 6.36. The summed E-state index contributed by atoms with van der Waals surface area (Å²) in [6.45, 7) is 8.04. The Hall–Kier alpha value is -0.450. The van der Waals surface area contributed by atoms with Crippen molar-refractivity contribution in [1.82, 2.24) is 4.90 Å². The Morgan fingerprint density at radius 1 is 1.43 bits per heavy atom. The van der Waals surface area contributed by atoms with Crippen LogP contribution >= 0.6 is 27.5 Å². The van der Waals surface area contributed by atoms with Crippen LogP contribution in [0.3, 0.4) is 0 Å². The number of methoxy groups -OCH3 is 1. The Labute approximate surface area is 141 Å². The molecule has 2 rings (SSSR count). The van der Waals surface area contributed by atoms with Gasteiger partial charge in [0.05, 0.1) is 17.3 Å². The fourth-order valence-electron chi connectivity index (χ4n) is 3.01. The van der Waals surface area contributed by atoms with Crippen molar-refractivity contribution in [3.63, 3.8) is 0 Å². The SMILES string of the molecule is CCN1CCC(C(C)Nc2cc(Cl)cc(Br)c2OC)CC1. The molecule has 1 fully saturated rings. The second-order valence-electron chi connectivity index (χ2n) is 5.67. The number of likely N-dealkylation sites (tertiary alicyclic amines) is 1. The number of nitrogens with zero attached hydrogens (tertiary/aromatic N) is 1. The van der Waals surface area contributed by atoms with E-state index in [1.165, 1.54) is 25.9 Å². The smallest absolute Gasteiger partial charge is 0.156 e. The van der Waals surface area contributed by atoms with Gasteiger partial charge in [-0.15, -0.1) is 0 Å². The first-order chi connectivity index (χ1) is 10.0. The molecule has 1 aromatic carbocycles. The Balaban J connectivity index is 2.04. The molecule has 21 heavy (non-hydrogen) atoms. The molecule has 1 atom stereocenters. The molecule has 0 aliphatic carbocycles. The van der Waals surface area contributed by atoms with E-state index in [9.17, 15) is 0 Å². The third-order valence-corrected chi connectivity index (χ3v) is 5.19. The van der Waals surface area contributed by atoms with Gasteiger partial charge in [-0.05, 0) is 73.4 Å². The zero-order valence-corrected chi connectivity index (χ0v) is 15.3. The normalized spacial score (nSPS) is 18.5. The van der Waals surface area contributed by atoms with Crippen molar-refractivity contribution in [2.75, 3.05) is 32.1 Å². The van der Waals surface area contributed by atoms with Crippen LogP contribution in [-0.2, 0) is 0 Å². The molecule has 118 valence electrons. The molecule has 5 heteroatoms. The molecule has 1 N–H and O–H groups in total. The molecule has 0 bridgehead atoms. The van der Waals surface area contributed by atoms with E-state index in [-0.39, 0.29) is 0 Å². The van der Waals surface area contributed by atoms with Crippen LogP contribution in [0.15, 0.2) is 16.6 Å². The summed E-state index contributed by atoms with van der Waals surface area (Å²) in [5.74, 6) is 1.51. The van der Waals surface area contributed by atoms with Crippen molar-refractivity contribution in [2.45, 2.75) is 32.7 Å². The highest BCUT2D eigenvalue weighted by atomic mass is 79.9. The van der Waals surface area contributed by atoms with Crippen LogP contribution in [0, 0.1) is 5.92 Å². The van der Waals surface area contributed by atoms with Gasteiger partial charge in [0.1, 0.15) is 0 Å². The highest BCUT2D eigenvalue weighted by Gasteiger charge is 2.24. The van der Waals surface area contributed by atoms with Gasteiger partial charge < -0.3 is 15.0 Å². The van der Waals surface area contributed by atoms with Crippen molar-refractivity contribution in [3.05, 3.63) is 21.6 Å². The molecule has 1 heterocycles. The number of hydrogen-bond donors (Lipinski definition) is 1. The lowest BCUT2D eigenvalue weighted by atomic mass is 9.90. The number of benzene rings is 1. The molecule has 0 spiro atoms. The van der Waals surface area contributed by atoms with Crippen molar-refractivity contribution in [1.29, 1.82) is 0 Å². The molecule has 0 radical (unpaired) electrons. The van der Waals surface area contributed by atoms with Crippen molar-refractivity contribution in [3.8, 4) is 5.75 Å². The van der Waals surface area contributed by atoms with Crippen LogP contribution in [0.2, 0.25) is 5.02 Å². The summed E-state index contributed by atoms with van der Waals surface area (Å²) in [5.41, 5.74) is 0.960. The van der Waals surface area contributed by atoms with Crippen molar-refractivity contribution < 1.29 is 4.74 Å². The molecule has 0 aromatic heterocycles. The van der Waals surface area contributed by atoms with Crippen LogP contribution in [0.5, 0.6) is 5.75 Å². The molecule has 0 amide bonds. The molecule has 1 aliphatic rings. The van der Waals surface area contributed by atoms with Gasteiger partial charge in [-0.2, -0.15) is 0 Å². The third kappa shape index (κ3) is 4.27. The topological polar surface area (TPSA) is 24.5 Å². The maximum atomic E-state index is 6.15. The summed E-state index contributed by atoms with van der Waals surface area (Å²) in [6.07, 6.45) is 2.48. The second-order valence-corrected chi connectivity index (χ2v) is 6.96. The fourth-order valence-corrected chi connectivity index (χ4v) is 3.98. The Morgan fingerprint density at radius 3 is 2.67 bits per heavy atom. The van der Waals surface area contributed by atoms with Gasteiger partial charge in [0.2, 0.25) is 0 Å². The van der Waals surface area contributed by atoms with E-state index in [0.717, 1.165) is 22.5 Å². The molecule has 3 nitrogen and oxygen atoms in total. The summed E-state index contributed by atoms with van der Waals surface area (Å²) in [5, 5.41) is 4.29. The standard InChI is InChI=1S/C16H24BrClN2O/c1-4-20-7-5-12(6-8-20)11(2)19-15-10-13(18)9-14(17)16(15)21-3/h9-12,19H,4-8H2,1-3H3. The van der Waals surface area contributed by atoms with Gasteiger partial charge in [0.25, 0.3) is 0 Å². The van der Waals surface area contributed by atoms with Crippen LogP contribution in [0.4, 0.5) is 5.69 Å². The van der Waals surface area contributed by atoms with E-state index < -0.39 is 0 Å². The molecular weight excluding hydrogens is 352 g/mol. The summed E-state index contributed by atoms with van der Waals surface area (Å²) in [7, 11) is 1.68. The van der Waals surface area contributed by atoms with Crippen LogP contribution in [0.1, 0.15) is 26.7 Å². The maximum absolute atomic E-state index is 6.15. The van der Waals surface area contributed by atoms with Gasteiger partial charge in [-0.25, -0.2) is 0 Å². The van der Waals surface area contributed by atoms with Gasteiger partial charge in [-0.3, -0.25) is 0 Å². The Morgan fingerprint density at radius 2 is 2.10 bits per heavy atom. The lowest BCUT2D eigenvalue weighted by Crippen LogP contribution is -2.39. The first-order valence-electron chi connectivity index (χ1n) is 7.57. The second kappa shape index (κ2) is 7.70. The van der Waals surface area contributed by atoms with Crippen LogP contribution in [-0.4, -0.2) is 37.7 Å². The minimum Gasteiger partial charge on any atom is -0.493 e. The number of halogens is 2. The van der Waals surface area contributed by atoms with Crippen LogP contribution < -0.4 is 10.1 Å². The molecule has 1 unspecified atom stereocenters.